The van der Waals surface area contributed by atoms with Crippen molar-refractivity contribution in [3.05, 3.63) is 47.4 Å². The van der Waals surface area contributed by atoms with Crippen LogP contribution in [0.25, 0.3) is 0 Å². The van der Waals surface area contributed by atoms with Crippen LogP contribution < -0.4 is 5.32 Å². The van der Waals surface area contributed by atoms with Crippen LogP contribution in [0.3, 0.4) is 0 Å². The van der Waals surface area contributed by atoms with Gasteiger partial charge in [0.15, 0.2) is 5.82 Å². The van der Waals surface area contributed by atoms with Gasteiger partial charge < -0.3 is 5.32 Å². The Morgan fingerprint density at radius 1 is 1.35 bits per heavy atom. The molecule has 0 fully saturated rings. The summed E-state index contributed by atoms with van der Waals surface area (Å²) in [6.45, 7) is 2.46. The van der Waals surface area contributed by atoms with Crippen molar-refractivity contribution in [2.45, 2.75) is 13.5 Å². The Balaban J connectivity index is 2.10. The van der Waals surface area contributed by atoms with Gasteiger partial charge in [-0.25, -0.2) is 0 Å². The Hall–Kier alpha value is -2.48. The van der Waals surface area contributed by atoms with Gasteiger partial charge in [0.2, 0.25) is 0 Å². The molecule has 2 aromatic heterocycles. The average Bonchev–Trinajstić information content (AvgIpc) is 2.37. The summed E-state index contributed by atoms with van der Waals surface area (Å²) in [6.07, 6.45) is 1.49. The maximum Gasteiger partial charge on any atom is 0.166 e. The summed E-state index contributed by atoms with van der Waals surface area (Å²) in [5.74, 6) is 0.485. The van der Waals surface area contributed by atoms with Crippen LogP contribution >= 0.6 is 0 Å². The van der Waals surface area contributed by atoms with Crippen molar-refractivity contribution in [1.82, 2.24) is 15.2 Å². The third-order valence-corrected chi connectivity index (χ3v) is 2.22. The molecule has 0 saturated carbocycles. The molecule has 0 saturated heterocycles. The summed E-state index contributed by atoms with van der Waals surface area (Å²) < 4.78 is 0. The van der Waals surface area contributed by atoms with Crippen molar-refractivity contribution < 1.29 is 0 Å². The zero-order chi connectivity index (χ0) is 12.1. The molecule has 5 heteroatoms. The molecule has 0 aliphatic heterocycles. The fraction of sp³-hybridized carbons (Fsp3) is 0.167. The molecule has 0 radical (unpaired) electrons. The molecular weight excluding hydrogens is 214 g/mol. The van der Waals surface area contributed by atoms with E-state index in [-0.39, 0.29) is 0 Å². The van der Waals surface area contributed by atoms with Gasteiger partial charge >= 0.3 is 0 Å². The highest BCUT2D eigenvalue weighted by molar-refractivity contribution is 5.50. The van der Waals surface area contributed by atoms with Crippen LogP contribution in [0.5, 0.6) is 0 Å². The largest absolute Gasteiger partial charge is 0.362 e. The highest BCUT2D eigenvalue weighted by Crippen LogP contribution is 2.09. The molecule has 84 valence electrons. The van der Waals surface area contributed by atoms with Gasteiger partial charge in [0.05, 0.1) is 24.0 Å². The van der Waals surface area contributed by atoms with Crippen molar-refractivity contribution in [3.8, 4) is 6.07 Å². The van der Waals surface area contributed by atoms with Crippen LogP contribution in [0, 0.1) is 18.3 Å². The minimum atomic E-state index is 0.479. The van der Waals surface area contributed by atoms with Gasteiger partial charge in [-0.15, -0.1) is 5.10 Å². The third-order valence-electron chi connectivity index (χ3n) is 2.22. The van der Waals surface area contributed by atoms with Gasteiger partial charge in [-0.3, -0.25) is 4.98 Å². The topological polar surface area (TPSA) is 74.5 Å². The Labute approximate surface area is 99.2 Å². The average molecular weight is 225 g/mol. The van der Waals surface area contributed by atoms with E-state index in [1.807, 2.05) is 25.1 Å². The number of hydrogen-bond donors (Lipinski definition) is 1. The minimum Gasteiger partial charge on any atom is -0.362 e. The molecule has 2 rings (SSSR count). The van der Waals surface area contributed by atoms with E-state index in [9.17, 15) is 0 Å². The monoisotopic (exact) mass is 225 g/mol. The zero-order valence-corrected chi connectivity index (χ0v) is 9.38. The minimum absolute atomic E-state index is 0.479. The summed E-state index contributed by atoms with van der Waals surface area (Å²) in [5.41, 5.74) is 2.34. The van der Waals surface area contributed by atoms with Crippen molar-refractivity contribution >= 4 is 5.82 Å². The number of aromatic nitrogens is 3. The first-order chi connectivity index (χ1) is 8.29. The fourth-order valence-corrected chi connectivity index (χ4v) is 1.42. The van der Waals surface area contributed by atoms with Gasteiger partial charge in [-0.1, -0.05) is 6.07 Å². The van der Waals surface area contributed by atoms with E-state index in [4.69, 9.17) is 5.26 Å². The van der Waals surface area contributed by atoms with E-state index in [1.54, 1.807) is 6.07 Å². The van der Waals surface area contributed by atoms with E-state index >= 15 is 0 Å². The van der Waals surface area contributed by atoms with Gasteiger partial charge in [-0.05, 0) is 25.1 Å². The molecular formula is C12H11N5. The number of nitrogens with zero attached hydrogens (tertiary/aromatic N) is 4. The third kappa shape index (κ3) is 2.75. The highest BCUT2D eigenvalue weighted by atomic mass is 15.2. The summed E-state index contributed by atoms with van der Waals surface area (Å²) in [7, 11) is 0. The number of aryl methyl sites for hydroxylation is 1. The first-order valence-corrected chi connectivity index (χ1v) is 5.18. The standard InChI is InChI=1S/C12H11N5/c1-9-3-2-4-11(16-9)8-14-12-10(7-13)5-6-15-17-12/h2-6H,8H2,1H3,(H,14,17). The Morgan fingerprint density at radius 2 is 2.24 bits per heavy atom. The molecule has 0 aliphatic carbocycles. The number of anilines is 1. The van der Waals surface area contributed by atoms with Gasteiger partial charge in [0, 0.05) is 5.69 Å². The molecule has 0 aliphatic rings. The molecule has 0 amide bonds. The van der Waals surface area contributed by atoms with Gasteiger partial charge in [0.25, 0.3) is 0 Å². The predicted octanol–water partition coefficient (Wildman–Crippen LogP) is 1.66. The maximum atomic E-state index is 8.89. The first-order valence-electron chi connectivity index (χ1n) is 5.18. The summed E-state index contributed by atoms with van der Waals surface area (Å²) >= 11 is 0. The molecule has 0 bridgehead atoms. The Bertz CT molecular complexity index is 559. The van der Waals surface area contributed by atoms with E-state index < -0.39 is 0 Å². The Morgan fingerprint density at radius 3 is 3.00 bits per heavy atom. The fourth-order valence-electron chi connectivity index (χ4n) is 1.42. The lowest BCUT2D eigenvalue weighted by atomic mass is 10.3. The SMILES string of the molecule is Cc1cccc(CNc2nnccc2C#N)n1. The zero-order valence-electron chi connectivity index (χ0n) is 9.38. The second-order valence-corrected chi connectivity index (χ2v) is 3.53. The smallest absolute Gasteiger partial charge is 0.166 e. The van der Waals surface area contributed by atoms with Crippen molar-refractivity contribution in [1.29, 1.82) is 5.26 Å². The van der Waals surface area contributed by atoms with Crippen LogP contribution in [0.15, 0.2) is 30.5 Å². The molecule has 0 atom stereocenters. The lowest BCUT2D eigenvalue weighted by molar-refractivity contribution is 0.963. The summed E-state index contributed by atoms with van der Waals surface area (Å²) in [6, 6.07) is 9.48. The summed E-state index contributed by atoms with van der Waals surface area (Å²) in [5, 5.41) is 19.6. The predicted molar refractivity (Wildman–Crippen MR) is 63.0 cm³/mol. The van der Waals surface area contributed by atoms with E-state index in [1.165, 1.54) is 6.20 Å². The quantitative estimate of drug-likeness (QED) is 0.859. The van der Waals surface area contributed by atoms with Crippen molar-refractivity contribution in [3.63, 3.8) is 0 Å². The molecule has 1 N–H and O–H groups in total. The van der Waals surface area contributed by atoms with E-state index in [2.05, 4.69) is 26.6 Å². The van der Waals surface area contributed by atoms with Crippen LogP contribution in [0.2, 0.25) is 0 Å². The van der Waals surface area contributed by atoms with Crippen LogP contribution in [0.1, 0.15) is 17.0 Å². The van der Waals surface area contributed by atoms with E-state index in [0.29, 0.717) is 17.9 Å². The number of pyridine rings is 1. The highest BCUT2D eigenvalue weighted by Gasteiger charge is 2.03. The molecule has 2 aromatic rings. The van der Waals surface area contributed by atoms with Crippen LogP contribution in [-0.4, -0.2) is 15.2 Å². The second-order valence-electron chi connectivity index (χ2n) is 3.53. The molecule has 0 aromatic carbocycles. The van der Waals surface area contributed by atoms with E-state index in [0.717, 1.165) is 11.4 Å². The van der Waals surface area contributed by atoms with Gasteiger partial charge in [-0.2, -0.15) is 10.4 Å². The van der Waals surface area contributed by atoms with Crippen molar-refractivity contribution in [2.75, 3.05) is 5.32 Å². The Kier molecular flexibility index (Phi) is 3.26. The lowest BCUT2D eigenvalue weighted by Gasteiger charge is -2.05. The number of rotatable bonds is 3. The molecule has 0 spiro atoms. The molecule has 2 heterocycles. The number of nitrogens with one attached hydrogen (secondary N) is 1. The van der Waals surface area contributed by atoms with Gasteiger partial charge in [0.1, 0.15) is 6.07 Å². The lowest BCUT2D eigenvalue weighted by Crippen LogP contribution is -2.06. The molecule has 0 unspecified atom stereocenters. The molecule has 17 heavy (non-hydrogen) atoms. The summed E-state index contributed by atoms with van der Waals surface area (Å²) in [4.78, 5) is 4.35. The second kappa shape index (κ2) is 5.03. The van der Waals surface area contributed by atoms with Crippen molar-refractivity contribution in [2.24, 2.45) is 0 Å². The number of nitriles is 1. The van der Waals surface area contributed by atoms with Crippen LogP contribution in [0.4, 0.5) is 5.82 Å². The van der Waals surface area contributed by atoms with Crippen LogP contribution in [-0.2, 0) is 6.54 Å². The maximum absolute atomic E-state index is 8.89. The number of hydrogen-bond acceptors (Lipinski definition) is 5. The molecule has 5 nitrogen and oxygen atoms in total. The normalized spacial score (nSPS) is 9.65. The first kappa shape index (κ1) is 11.0.